The van der Waals surface area contributed by atoms with Crippen LogP contribution in [0.1, 0.15) is 0 Å². The molecule has 0 aromatic rings. The van der Waals surface area contributed by atoms with Gasteiger partial charge in [0.2, 0.25) is 0 Å². The Hall–Kier alpha value is -0.400. The average Bonchev–Trinajstić information content (AvgIpc) is 1.27. The van der Waals surface area contributed by atoms with Crippen molar-refractivity contribution in [2.45, 2.75) is 0 Å². The van der Waals surface area contributed by atoms with E-state index in [2.05, 4.69) is 0 Å². The van der Waals surface area contributed by atoms with Crippen LogP contribution in [0.25, 0.3) is 0 Å². The quantitative estimate of drug-likeness (QED) is 0.332. The molecule has 0 aliphatic rings. The summed E-state index contributed by atoms with van der Waals surface area (Å²) in [6.07, 6.45) is 0. The second-order valence-corrected chi connectivity index (χ2v) is 1.29. The van der Waals surface area contributed by atoms with Gasteiger partial charge in [0.25, 0.3) is 6.47 Å². The minimum atomic E-state index is -4.69. The molecule has 0 amide bonds. The second-order valence-electron chi connectivity index (χ2n) is 0.501. The topological polar surface area (TPSA) is 127 Å². The van der Waals surface area contributed by atoms with E-state index in [-0.39, 0.29) is 6.47 Å². The van der Waals surface area contributed by atoms with E-state index in [0.717, 1.165) is 0 Å². The van der Waals surface area contributed by atoms with Gasteiger partial charge in [0.1, 0.15) is 0 Å². The first-order valence-electron chi connectivity index (χ1n) is 1.13. The molecule has 0 radical (unpaired) electrons. The molecule has 0 atom stereocenters. The van der Waals surface area contributed by atoms with Gasteiger partial charge in [-0.15, -0.1) is 0 Å². The molecule has 0 heterocycles. The van der Waals surface area contributed by atoms with Gasteiger partial charge < -0.3 is 5.11 Å². The van der Waals surface area contributed by atoms with Gasteiger partial charge in [-0.1, -0.05) is 0 Å². The van der Waals surface area contributed by atoms with Gasteiger partial charge in [0.15, 0.2) is 0 Å². The van der Waals surface area contributed by atoms with Crippen LogP contribution in [-0.4, -0.2) is 16.2 Å². The molecular formula is CH3ClO6. The average molecular weight is 146 g/mol. The summed E-state index contributed by atoms with van der Waals surface area (Å²) in [5.74, 6) is 0. The van der Waals surface area contributed by atoms with Crippen molar-refractivity contribution >= 4 is 6.47 Å². The van der Waals surface area contributed by atoms with Gasteiger partial charge in [-0.3, -0.25) is 4.79 Å². The smallest absolute Gasteiger partial charge is 0.290 e. The minimum absolute atomic E-state index is 0.250. The van der Waals surface area contributed by atoms with Gasteiger partial charge in [-0.25, -0.2) is 0 Å². The summed E-state index contributed by atoms with van der Waals surface area (Å²) < 4.78 is 32.7. The first kappa shape index (κ1) is 10.6. The van der Waals surface area contributed by atoms with Crippen LogP contribution >= 0.6 is 0 Å². The van der Waals surface area contributed by atoms with E-state index in [0.29, 0.717) is 0 Å². The van der Waals surface area contributed by atoms with Crippen molar-refractivity contribution in [3.63, 3.8) is 0 Å². The lowest BCUT2D eigenvalue weighted by Crippen LogP contribution is -2.58. The minimum Gasteiger partial charge on any atom is -0.483 e. The highest BCUT2D eigenvalue weighted by Gasteiger charge is 1.98. The molecule has 0 aromatic heterocycles. The summed E-state index contributed by atoms with van der Waals surface area (Å²) in [6.45, 7) is -0.250. The molecule has 7 heteroatoms. The van der Waals surface area contributed by atoms with Crippen LogP contribution in [0.15, 0.2) is 0 Å². The Morgan fingerprint density at radius 1 is 1.38 bits per heavy atom. The molecule has 0 bridgehead atoms. The number of halogens is 1. The lowest BCUT2D eigenvalue weighted by atomic mass is 11.7. The summed E-state index contributed by atoms with van der Waals surface area (Å²) in [6, 6.07) is 0. The maximum atomic E-state index is 8.60. The molecule has 0 aromatic carbocycles. The van der Waals surface area contributed by atoms with Crippen LogP contribution in [0.4, 0.5) is 0 Å². The van der Waals surface area contributed by atoms with Crippen LogP contribution in [0.3, 0.4) is 0 Å². The fourth-order valence-electron chi connectivity index (χ4n) is 0. The van der Waals surface area contributed by atoms with Crippen molar-refractivity contribution in [1.29, 1.82) is 0 Å². The van der Waals surface area contributed by atoms with Gasteiger partial charge >= 0.3 is 0 Å². The summed E-state index contributed by atoms with van der Waals surface area (Å²) in [4.78, 5) is 8.36. The fourth-order valence-corrected chi connectivity index (χ4v) is 0. The van der Waals surface area contributed by atoms with E-state index < -0.39 is 10.2 Å². The molecule has 0 fully saturated rings. The van der Waals surface area contributed by atoms with Gasteiger partial charge in [0.05, 0.1) is 14.9 Å². The van der Waals surface area contributed by atoms with E-state index in [1.54, 1.807) is 0 Å². The van der Waals surface area contributed by atoms with Crippen LogP contribution in [0.2, 0.25) is 0 Å². The predicted octanol–water partition coefficient (Wildman–Crippen LogP) is -4.42. The van der Waals surface area contributed by atoms with E-state index in [9.17, 15) is 0 Å². The van der Waals surface area contributed by atoms with Crippen molar-refractivity contribution in [1.82, 2.24) is 0 Å². The lowest BCUT2D eigenvalue weighted by molar-refractivity contribution is -1.92. The maximum Gasteiger partial charge on any atom is 0.290 e. The largest absolute Gasteiger partial charge is 0.483 e. The molecule has 0 rings (SSSR count). The van der Waals surface area contributed by atoms with Crippen LogP contribution in [0.5, 0.6) is 0 Å². The highest BCUT2D eigenvalue weighted by Crippen LogP contribution is 1.60. The monoisotopic (exact) mass is 146 g/mol. The van der Waals surface area contributed by atoms with Crippen molar-refractivity contribution in [3.8, 4) is 0 Å². The zero-order valence-corrected chi connectivity index (χ0v) is 4.24. The molecule has 50 valence electrons. The van der Waals surface area contributed by atoms with Gasteiger partial charge in [-0.05, 0) is 0 Å². The molecule has 6 nitrogen and oxygen atoms in total. The standard InChI is InChI=1S/CH2O2.ClHO4/c2-1-3;2-1(3,4)5/h1H,(H,2,3);(H,2,3,4,5). The number of carbonyl (C=O) groups is 1. The van der Waals surface area contributed by atoms with Gasteiger partial charge in [-0.2, -0.15) is 14.0 Å². The highest BCUT2D eigenvalue weighted by atomic mass is 35.7. The number of rotatable bonds is 0. The Labute approximate surface area is 46.3 Å². The lowest BCUT2D eigenvalue weighted by Gasteiger charge is -2.03. The number of carboxylic acid groups (broad SMARTS) is 1. The van der Waals surface area contributed by atoms with E-state index in [1.165, 1.54) is 0 Å². The third kappa shape index (κ3) is 741. The van der Waals surface area contributed by atoms with Crippen LogP contribution in [0, 0.1) is 10.2 Å². The molecule has 2 N–H and O–H groups in total. The SMILES string of the molecule is O=CO.[O-][Cl+3]([O-])([O-])O. The molecule has 0 spiro atoms. The van der Waals surface area contributed by atoms with E-state index in [4.69, 9.17) is 28.5 Å². The molecule has 0 saturated carbocycles. The summed E-state index contributed by atoms with van der Waals surface area (Å²) >= 11 is 0. The van der Waals surface area contributed by atoms with Crippen molar-refractivity contribution in [2.75, 3.05) is 0 Å². The molecule has 0 unspecified atom stereocenters. The number of hydrogen-bond donors (Lipinski definition) is 2. The first-order chi connectivity index (χ1) is 3.41. The molecule has 0 aliphatic heterocycles. The Balaban J connectivity index is 0. The third-order valence-corrected chi connectivity index (χ3v) is 0. The highest BCUT2D eigenvalue weighted by molar-refractivity contribution is 5.32. The second kappa shape index (κ2) is 4.75. The Bertz CT molecular complexity index is 48.0. The maximum absolute atomic E-state index is 8.60. The third-order valence-electron chi connectivity index (χ3n) is 0. The Morgan fingerprint density at radius 2 is 1.38 bits per heavy atom. The van der Waals surface area contributed by atoms with Crippen molar-refractivity contribution < 1.29 is 38.8 Å². The summed E-state index contributed by atoms with van der Waals surface area (Å²) in [5, 5.41) is 6.89. The first-order valence-corrected chi connectivity index (χ1v) is 2.39. The number of hydrogen-bond acceptors (Lipinski definition) is 5. The van der Waals surface area contributed by atoms with E-state index >= 15 is 0 Å². The normalized spacial score (nSPS) is 9.00. The zero-order chi connectivity index (χ0) is 7.21. The summed E-state index contributed by atoms with van der Waals surface area (Å²) in [5.41, 5.74) is 0. The summed E-state index contributed by atoms with van der Waals surface area (Å²) in [7, 11) is -4.69. The molecule has 8 heavy (non-hydrogen) atoms. The van der Waals surface area contributed by atoms with Crippen molar-refractivity contribution in [3.05, 3.63) is 0 Å². The molecular weight excluding hydrogens is 143 g/mol. The molecule has 0 aliphatic carbocycles. The zero-order valence-electron chi connectivity index (χ0n) is 3.48. The van der Waals surface area contributed by atoms with Crippen LogP contribution in [-0.2, 0) is 4.79 Å². The Morgan fingerprint density at radius 3 is 1.38 bits per heavy atom. The van der Waals surface area contributed by atoms with Crippen molar-refractivity contribution in [2.24, 2.45) is 0 Å². The van der Waals surface area contributed by atoms with Gasteiger partial charge in [0, 0.05) is 0 Å². The van der Waals surface area contributed by atoms with Crippen LogP contribution < -0.4 is 14.0 Å². The van der Waals surface area contributed by atoms with E-state index in [1.807, 2.05) is 0 Å². The fraction of sp³-hybridized carbons (Fsp3) is 0. The Kier molecular flexibility index (Phi) is 6.27. The predicted molar refractivity (Wildman–Crippen MR) is 10.9 cm³/mol. The molecule has 0 saturated heterocycles.